The summed E-state index contributed by atoms with van der Waals surface area (Å²) in [7, 11) is 2.78. The Bertz CT molecular complexity index is 395. The van der Waals surface area contributed by atoms with Gasteiger partial charge >= 0.3 is 5.97 Å². The normalized spacial score (nSPS) is 12.0. The van der Waals surface area contributed by atoms with E-state index in [4.69, 9.17) is 10.5 Å². The summed E-state index contributed by atoms with van der Waals surface area (Å²) in [4.78, 5) is 11.0. The highest BCUT2D eigenvalue weighted by Gasteiger charge is 2.14. The number of benzene rings is 1. The molecular formula is C12H16FNO3. The van der Waals surface area contributed by atoms with Gasteiger partial charge in [0.1, 0.15) is 11.6 Å². The zero-order chi connectivity index (χ0) is 12.8. The second-order valence-corrected chi connectivity index (χ2v) is 3.61. The number of methoxy groups -OCH3 is 2. The molecule has 17 heavy (non-hydrogen) atoms. The lowest BCUT2D eigenvalue weighted by Crippen LogP contribution is -2.14. The molecule has 1 atom stereocenters. The van der Waals surface area contributed by atoms with Crippen molar-refractivity contribution in [2.45, 2.75) is 18.9 Å². The topological polar surface area (TPSA) is 61.5 Å². The van der Waals surface area contributed by atoms with E-state index < -0.39 is 0 Å². The van der Waals surface area contributed by atoms with Gasteiger partial charge in [-0.25, -0.2) is 4.39 Å². The molecule has 0 spiro atoms. The van der Waals surface area contributed by atoms with Crippen LogP contribution in [0.5, 0.6) is 5.75 Å². The van der Waals surface area contributed by atoms with Crippen LogP contribution in [-0.2, 0) is 9.53 Å². The molecule has 0 radical (unpaired) electrons. The molecule has 0 aliphatic rings. The number of carbonyl (C=O) groups excluding carboxylic acids is 1. The summed E-state index contributed by atoms with van der Waals surface area (Å²) in [6, 6.07) is 3.77. The summed E-state index contributed by atoms with van der Waals surface area (Å²) >= 11 is 0. The molecule has 0 bridgehead atoms. The smallest absolute Gasteiger partial charge is 0.305 e. The molecule has 0 amide bonds. The first-order chi connectivity index (χ1) is 8.08. The van der Waals surface area contributed by atoms with Crippen molar-refractivity contribution in [2.24, 2.45) is 5.73 Å². The fourth-order valence-corrected chi connectivity index (χ4v) is 1.52. The minimum atomic E-state index is -0.385. The highest BCUT2D eigenvalue weighted by molar-refractivity contribution is 5.69. The second kappa shape index (κ2) is 6.20. The minimum absolute atomic E-state index is 0.220. The first-order valence-electron chi connectivity index (χ1n) is 5.24. The predicted molar refractivity (Wildman–Crippen MR) is 61.1 cm³/mol. The summed E-state index contributed by atoms with van der Waals surface area (Å²) in [6.45, 7) is 0. The van der Waals surface area contributed by atoms with Crippen molar-refractivity contribution in [3.63, 3.8) is 0 Å². The van der Waals surface area contributed by atoms with E-state index in [1.165, 1.54) is 26.4 Å². The lowest BCUT2D eigenvalue weighted by Gasteiger charge is -2.15. The van der Waals surface area contributed by atoms with Gasteiger partial charge < -0.3 is 15.2 Å². The maximum Gasteiger partial charge on any atom is 0.305 e. The monoisotopic (exact) mass is 241 g/mol. The molecule has 1 aromatic rings. The molecule has 0 aromatic heterocycles. The SMILES string of the molecule is COC(=O)CCC(N)c1ccc(F)cc1OC. The van der Waals surface area contributed by atoms with Gasteiger partial charge in [0.05, 0.1) is 14.2 Å². The van der Waals surface area contributed by atoms with Crippen LogP contribution in [0.3, 0.4) is 0 Å². The summed E-state index contributed by atoms with van der Waals surface area (Å²) in [5, 5.41) is 0. The van der Waals surface area contributed by atoms with E-state index in [0.29, 0.717) is 17.7 Å². The molecule has 1 rings (SSSR count). The third-order valence-electron chi connectivity index (χ3n) is 2.48. The molecule has 0 saturated heterocycles. The summed E-state index contributed by atoms with van der Waals surface area (Å²) in [5.41, 5.74) is 6.59. The van der Waals surface area contributed by atoms with Gasteiger partial charge in [0.15, 0.2) is 0 Å². The van der Waals surface area contributed by atoms with Gasteiger partial charge in [-0.2, -0.15) is 0 Å². The molecule has 0 saturated carbocycles. The van der Waals surface area contributed by atoms with E-state index in [-0.39, 0.29) is 24.2 Å². The van der Waals surface area contributed by atoms with Crippen molar-refractivity contribution in [1.82, 2.24) is 0 Å². The molecule has 0 aliphatic heterocycles. The summed E-state index contributed by atoms with van der Waals surface area (Å²) in [5.74, 6) is -0.310. The largest absolute Gasteiger partial charge is 0.496 e. The Morgan fingerprint density at radius 1 is 1.47 bits per heavy atom. The molecule has 1 aromatic carbocycles. The van der Waals surface area contributed by atoms with Crippen LogP contribution in [0.1, 0.15) is 24.4 Å². The van der Waals surface area contributed by atoms with Crippen molar-refractivity contribution in [2.75, 3.05) is 14.2 Å². The fraction of sp³-hybridized carbons (Fsp3) is 0.417. The molecule has 4 nitrogen and oxygen atoms in total. The number of carbonyl (C=O) groups is 1. The van der Waals surface area contributed by atoms with Gasteiger partial charge in [0.2, 0.25) is 0 Å². The van der Waals surface area contributed by atoms with Crippen molar-refractivity contribution in [3.05, 3.63) is 29.6 Å². The molecule has 94 valence electrons. The van der Waals surface area contributed by atoms with Gasteiger partial charge in [0.25, 0.3) is 0 Å². The minimum Gasteiger partial charge on any atom is -0.496 e. The van der Waals surface area contributed by atoms with Gasteiger partial charge in [0, 0.05) is 24.1 Å². The number of hydrogen-bond acceptors (Lipinski definition) is 4. The Kier molecular flexibility index (Phi) is 4.90. The van der Waals surface area contributed by atoms with Crippen LogP contribution in [0.2, 0.25) is 0 Å². The Hall–Kier alpha value is -1.62. The average Bonchev–Trinajstić information content (AvgIpc) is 2.35. The Morgan fingerprint density at radius 2 is 2.18 bits per heavy atom. The molecule has 5 heteroatoms. The first-order valence-corrected chi connectivity index (χ1v) is 5.24. The van der Waals surface area contributed by atoms with Crippen molar-refractivity contribution in [1.29, 1.82) is 0 Å². The van der Waals surface area contributed by atoms with E-state index in [2.05, 4.69) is 4.74 Å². The molecule has 0 fully saturated rings. The van der Waals surface area contributed by atoms with E-state index >= 15 is 0 Å². The molecular weight excluding hydrogens is 225 g/mol. The number of halogens is 1. The van der Waals surface area contributed by atoms with Gasteiger partial charge in [-0.15, -0.1) is 0 Å². The lowest BCUT2D eigenvalue weighted by atomic mass is 10.0. The highest BCUT2D eigenvalue weighted by Crippen LogP contribution is 2.27. The second-order valence-electron chi connectivity index (χ2n) is 3.61. The molecule has 2 N–H and O–H groups in total. The van der Waals surface area contributed by atoms with Gasteiger partial charge in [-0.1, -0.05) is 6.07 Å². The van der Waals surface area contributed by atoms with Crippen LogP contribution in [0.25, 0.3) is 0 Å². The number of ether oxygens (including phenoxy) is 2. The van der Waals surface area contributed by atoms with Gasteiger partial charge in [-0.05, 0) is 12.5 Å². The van der Waals surface area contributed by atoms with Crippen LogP contribution >= 0.6 is 0 Å². The Labute approximate surface area is 99.5 Å². The average molecular weight is 241 g/mol. The van der Waals surface area contributed by atoms with Crippen LogP contribution in [-0.4, -0.2) is 20.2 Å². The Morgan fingerprint density at radius 3 is 2.76 bits per heavy atom. The quantitative estimate of drug-likeness (QED) is 0.798. The summed E-state index contributed by atoms with van der Waals surface area (Å²) in [6.07, 6.45) is 0.646. The fourth-order valence-electron chi connectivity index (χ4n) is 1.52. The van der Waals surface area contributed by atoms with Crippen molar-refractivity contribution >= 4 is 5.97 Å². The van der Waals surface area contributed by atoms with Gasteiger partial charge in [-0.3, -0.25) is 4.79 Å². The number of hydrogen-bond donors (Lipinski definition) is 1. The van der Waals surface area contributed by atoms with Crippen LogP contribution < -0.4 is 10.5 Å². The first kappa shape index (κ1) is 13.4. The zero-order valence-electron chi connectivity index (χ0n) is 9.90. The zero-order valence-corrected chi connectivity index (χ0v) is 9.90. The van der Waals surface area contributed by atoms with E-state index in [9.17, 15) is 9.18 Å². The number of rotatable bonds is 5. The maximum atomic E-state index is 13.0. The van der Waals surface area contributed by atoms with E-state index in [1.54, 1.807) is 6.07 Å². The predicted octanol–water partition coefficient (Wildman–Crippen LogP) is 1.79. The van der Waals surface area contributed by atoms with Crippen LogP contribution in [0.4, 0.5) is 4.39 Å². The third kappa shape index (κ3) is 3.71. The number of esters is 1. The van der Waals surface area contributed by atoms with Crippen LogP contribution in [0.15, 0.2) is 18.2 Å². The molecule has 1 unspecified atom stereocenters. The third-order valence-corrected chi connectivity index (χ3v) is 2.48. The van der Waals surface area contributed by atoms with Crippen molar-refractivity contribution < 1.29 is 18.7 Å². The van der Waals surface area contributed by atoms with Crippen molar-refractivity contribution in [3.8, 4) is 5.75 Å². The van der Waals surface area contributed by atoms with E-state index in [1.807, 2.05) is 0 Å². The van der Waals surface area contributed by atoms with E-state index in [0.717, 1.165) is 0 Å². The maximum absolute atomic E-state index is 13.0. The lowest BCUT2D eigenvalue weighted by molar-refractivity contribution is -0.140. The van der Waals surface area contributed by atoms with Crippen LogP contribution in [0, 0.1) is 5.82 Å². The summed E-state index contributed by atoms with van der Waals surface area (Å²) < 4.78 is 22.5. The number of nitrogens with two attached hydrogens (primary N) is 1. The Balaban J connectivity index is 2.74. The highest BCUT2D eigenvalue weighted by atomic mass is 19.1. The molecule has 0 heterocycles. The molecule has 0 aliphatic carbocycles. The standard InChI is InChI=1S/C12H16FNO3/c1-16-11-7-8(13)3-4-9(11)10(14)5-6-12(15)17-2/h3-4,7,10H,5-6,14H2,1-2H3.